The average Bonchev–Trinajstić information content (AvgIpc) is 3.48. The lowest BCUT2D eigenvalue weighted by Crippen LogP contribution is -2.40. The first-order valence-electron chi connectivity index (χ1n) is 16.3. The summed E-state index contributed by atoms with van der Waals surface area (Å²) in [5.41, 5.74) is 3.41. The van der Waals surface area contributed by atoms with Crippen LogP contribution in [0.15, 0.2) is 125 Å². The maximum Gasteiger partial charge on any atom is 0.338 e. The molecule has 0 aliphatic carbocycles. The molecule has 8 nitrogen and oxygen atoms in total. The molecule has 0 bridgehead atoms. The van der Waals surface area contributed by atoms with Crippen LogP contribution in [0.1, 0.15) is 35.2 Å². The van der Waals surface area contributed by atoms with E-state index in [9.17, 15) is 9.59 Å². The summed E-state index contributed by atoms with van der Waals surface area (Å²) in [7, 11) is 3.10. The second-order valence-electron chi connectivity index (χ2n) is 11.7. The van der Waals surface area contributed by atoms with Crippen molar-refractivity contribution in [2.45, 2.75) is 19.6 Å². The number of carbonyl (C=O) groups is 1. The Morgan fingerprint density at radius 3 is 2.35 bits per heavy atom. The van der Waals surface area contributed by atoms with Crippen molar-refractivity contribution in [2.75, 3.05) is 20.8 Å². The molecule has 0 saturated heterocycles. The summed E-state index contributed by atoms with van der Waals surface area (Å²) >= 11 is 7.35. The van der Waals surface area contributed by atoms with Crippen LogP contribution in [0, 0.1) is 0 Å². The van der Waals surface area contributed by atoms with Crippen LogP contribution in [0.2, 0.25) is 5.02 Å². The molecule has 0 unspecified atom stereocenters. The lowest BCUT2D eigenvalue weighted by molar-refractivity contribution is -0.138. The number of methoxy groups -OCH3 is 2. The molecule has 1 atom stereocenters. The summed E-state index contributed by atoms with van der Waals surface area (Å²) in [5.74, 6) is 1.02. The molecular formula is C41H33ClN2O6S. The molecule has 0 amide bonds. The van der Waals surface area contributed by atoms with Crippen molar-refractivity contribution in [3.63, 3.8) is 0 Å². The van der Waals surface area contributed by atoms with Crippen molar-refractivity contribution in [1.82, 2.24) is 4.57 Å². The van der Waals surface area contributed by atoms with E-state index in [-0.39, 0.29) is 17.7 Å². The molecular weight excluding hydrogens is 684 g/mol. The van der Waals surface area contributed by atoms with Gasteiger partial charge in [-0.1, -0.05) is 102 Å². The maximum atomic E-state index is 14.7. The molecule has 0 N–H and O–H groups in total. The second-order valence-corrected chi connectivity index (χ2v) is 13.1. The fourth-order valence-electron chi connectivity index (χ4n) is 6.20. The summed E-state index contributed by atoms with van der Waals surface area (Å²) in [6.45, 7) is 2.20. The van der Waals surface area contributed by atoms with Crippen LogP contribution >= 0.6 is 22.9 Å². The summed E-state index contributed by atoms with van der Waals surface area (Å²) in [4.78, 5) is 34.0. The molecule has 2 heterocycles. The lowest BCUT2D eigenvalue weighted by atomic mass is 9.93. The Morgan fingerprint density at radius 2 is 1.61 bits per heavy atom. The van der Waals surface area contributed by atoms with Crippen LogP contribution in [0.3, 0.4) is 0 Å². The number of hydrogen-bond donors (Lipinski definition) is 0. The van der Waals surface area contributed by atoms with E-state index >= 15 is 0 Å². The van der Waals surface area contributed by atoms with Gasteiger partial charge in [0.25, 0.3) is 5.56 Å². The number of rotatable bonds is 10. The molecule has 6 aromatic rings. The van der Waals surface area contributed by atoms with Gasteiger partial charge in [0.1, 0.15) is 12.4 Å². The van der Waals surface area contributed by atoms with Crippen LogP contribution in [-0.4, -0.2) is 31.4 Å². The lowest BCUT2D eigenvalue weighted by Gasteiger charge is -2.26. The number of halogens is 1. The van der Waals surface area contributed by atoms with Crippen molar-refractivity contribution < 1.29 is 23.7 Å². The Labute approximate surface area is 303 Å². The number of aromatic nitrogens is 1. The molecule has 1 aliphatic heterocycles. The zero-order chi connectivity index (χ0) is 35.5. The Bertz CT molecular complexity index is 2470. The quantitative estimate of drug-likeness (QED) is 0.138. The molecule has 7 rings (SSSR count). The van der Waals surface area contributed by atoms with Crippen molar-refractivity contribution in [3.8, 4) is 17.2 Å². The third kappa shape index (κ3) is 6.66. The SMILES string of the molecule is CCOC(=O)C1=C(c2ccccc2)N=c2s/c(=C\c3c(OCc4ccc(Cl)cc4)ccc4ccccc34)c(=O)n2[C@H]1c1ccc(OC)c(OC)c1. The predicted octanol–water partition coefficient (Wildman–Crippen LogP) is 7.34. The topological polar surface area (TPSA) is 88.4 Å². The van der Waals surface area contributed by atoms with Crippen LogP contribution in [0.5, 0.6) is 17.2 Å². The average molecular weight is 717 g/mol. The molecule has 1 aromatic heterocycles. The highest BCUT2D eigenvalue weighted by Crippen LogP contribution is 2.38. The van der Waals surface area contributed by atoms with Gasteiger partial charge in [-0.05, 0) is 65.2 Å². The Balaban J connectivity index is 1.47. The fraction of sp³-hybridized carbons (Fsp3) is 0.146. The number of fused-ring (bicyclic) bond motifs is 2. The molecule has 51 heavy (non-hydrogen) atoms. The molecule has 0 spiro atoms. The number of hydrogen-bond acceptors (Lipinski definition) is 8. The molecule has 5 aromatic carbocycles. The van der Waals surface area contributed by atoms with Crippen LogP contribution in [-0.2, 0) is 16.1 Å². The van der Waals surface area contributed by atoms with E-state index in [1.165, 1.54) is 11.3 Å². The number of carbonyl (C=O) groups excluding carboxylic acids is 1. The maximum absolute atomic E-state index is 14.7. The van der Waals surface area contributed by atoms with E-state index in [1.807, 2.05) is 103 Å². The molecule has 0 radical (unpaired) electrons. The zero-order valence-corrected chi connectivity index (χ0v) is 29.7. The van der Waals surface area contributed by atoms with E-state index in [0.717, 1.165) is 27.5 Å². The molecule has 0 fully saturated rings. The second kappa shape index (κ2) is 14.7. The number of ether oxygens (including phenoxy) is 4. The summed E-state index contributed by atoms with van der Waals surface area (Å²) in [6.07, 6.45) is 1.85. The monoisotopic (exact) mass is 716 g/mol. The van der Waals surface area contributed by atoms with Crippen LogP contribution in [0.25, 0.3) is 22.5 Å². The summed E-state index contributed by atoms with van der Waals surface area (Å²) < 4.78 is 25.1. The van der Waals surface area contributed by atoms with Gasteiger partial charge >= 0.3 is 5.97 Å². The van der Waals surface area contributed by atoms with E-state index in [4.69, 9.17) is 35.5 Å². The smallest absolute Gasteiger partial charge is 0.338 e. The fourth-order valence-corrected chi connectivity index (χ4v) is 7.31. The van der Waals surface area contributed by atoms with Gasteiger partial charge in [-0.2, -0.15) is 0 Å². The Morgan fingerprint density at radius 1 is 0.882 bits per heavy atom. The highest BCUT2D eigenvalue weighted by atomic mass is 35.5. The molecule has 0 saturated carbocycles. The normalized spacial score (nSPS) is 14.2. The largest absolute Gasteiger partial charge is 0.493 e. The van der Waals surface area contributed by atoms with Gasteiger partial charge in [-0.15, -0.1) is 0 Å². The third-order valence-electron chi connectivity index (χ3n) is 8.61. The van der Waals surface area contributed by atoms with Gasteiger partial charge in [-0.3, -0.25) is 9.36 Å². The zero-order valence-electron chi connectivity index (χ0n) is 28.1. The first-order chi connectivity index (χ1) is 24.9. The molecule has 1 aliphatic rings. The van der Waals surface area contributed by atoms with Crippen molar-refractivity contribution in [2.24, 2.45) is 4.99 Å². The van der Waals surface area contributed by atoms with Crippen LogP contribution < -0.4 is 29.1 Å². The van der Waals surface area contributed by atoms with Crippen molar-refractivity contribution in [1.29, 1.82) is 0 Å². The summed E-state index contributed by atoms with van der Waals surface area (Å²) in [5, 5.41) is 2.56. The summed E-state index contributed by atoms with van der Waals surface area (Å²) in [6, 6.07) is 33.3. The van der Waals surface area contributed by atoms with E-state index in [2.05, 4.69) is 0 Å². The van der Waals surface area contributed by atoms with E-state index in [0.29, 0.717) is 49.5 Å². The van der Waals surface area contributed by atoms with E-state index < -0.39 is 12.0 Å². The first kappa shape index (κ1) is 33.8. The number of nitrogens with zero attached hydrogens (tertiary/aromatic N) is 2. The standard InChI is InChI=1S/C41H33ClN2O6S/c1-4-49-40(46)36-37(27-11-6-5-7-12-27)43-41-44(38(36)28-17-21-33(47-2)34(22-28)48-3)39(45)35(51-41)23-31-30-13-9-8-10-26(30)16-20-32(31)50-24-25-14-18-29(42)19-15-25/h5-23,38H,4,24H2,1-3H3/b35-23-/t38-/m0/s1. The first-order valence-corrected chi connectivity index (χ1v) is 17.5. The number of benzene rings is 5. The molecule has 10 heteroatoms. The minimum Gasteiger partial charge on any atom is -0.493 e. The minimum atomic E-state index is -0.884. The highest BCUT2D eigenvalue weighted by molar-refractivity contribution is 7.07. The van der Waals surface area contributed by atoms with Gasteiger partial charge in [-0.25, -0.2) is 9.79 Å². The van der Waals surface area contributed by atoms with E-state index in [1.54, 1.807) is 37.8 Å². The van der Waals surface area contributed by atoms with Crippen molar-refractivity contribution >= 4 is 51.5 Å². The molecule has 256 valence electrons. The number of thiazole rings is 1. The van der Waals surface area contributed by atoms with Gasteiger partial charge in [0, 0.05) is 16.1 Å². The predicted molar refractivity (Wildman–Crippen MR) is 200 cm³/mol. The van der Waals surface area contributed by atoms with Gasteiger partial charge in [0.05, 0.1) is 42.7 Å². The van der Waals surface area contributed by atoms with Gasteiger partial charge in [0.15, 0.2) is 16.3 Å². The Kier molecular flexibility index (Phi) is 9.74. The Hall–Kier alpha value is -5.64. The van der Waals surface area contributed by atoms with Gasteiger partial charge < -0.3 is 18.9 Å². The highest BCUT2D eigenvalue weighted by Gasteiger charge is 2.35. The van der Waals surface area contributed by atoms with Crippen molar-refractivity contribution in [3.05, 3.63) is 162 Å². The van der Waals surface area contributed by atoms with Crippen LogP contribution in [0.4, 0.5) is 0 Å². The van der Waals surface area contributed by atoms with Gasteiger partial charge in [0.2, 0.25) is 0 Å². The minimum absolute atomic E-state index is 0.146. The number of esters is 1. The third-order valence-corrected chi connectivity index (χ3v) is 9.85.